The topological polar surface area (TPSA) is 84.1 Å². The quantitative estimate of drug-likeness (QED) is 0.897. The number of halogens is 1. The Morgan fingerprint density at radius 1 is 1.45 bits per heavy atom. The van der Waals surface area contributed by atoms with E-state index in [1.165, 1.54) is 11.0 Å². The fourth-order valence-corrected chi connectivity index (χ4v) is 2.73. The lowest BCUT2D eigenvalue weighted by Crippen LogP contribution is -2.46. The minimum absolute atomic E-state index is 0.182. The molecule has 1 aromatic heterocycles. The number of piperidine rings is 1. The molecule has 1 N–H and O–H groups in total. The van der Waals surface area contributed by atoms with E-state index in [4.69, 9.17) is 11.6 Å². The standard InChI is InChI=1S/C14H16ClN5O2/c1-9-4-5-19(7-13(9)21)14(22)11-6-10(15)2-3-12(11)20-8-16-17-18-20/h2-3,6,8-9,13,21H,4-5,7H2,1H3. The summed E-state index contributed by atoms with van der Waals surface area (Å²) < 4.78 is 1.42. The van der Waals surface area contributed by atoms with Gasteiger partial charge < -0.3 is 10.0 Å². The van der Waals surface area contributed by atoms with Crippen molar-refractivity contribution >= 4 is 17.5 Å². The summed E-state index contributed by atoms with van der Waals surface area (Å²) in [6.07, 6.45) is 1.69. The number of aromatic nitrogens is 4. The molecular weight excluding hydrogens is 306 g/mol. The number of aliphatic hydroxyl groups excluding tert-OH is 1. The van der Waals surface area contributed by atoms with Crippen LogP contribution >= 0.6 is 11.6 Å². The van der Waals surface area contributed by atoms with Crippen molar-refractivity contribution < 1.29 is 9.90 Å². The van der Waals surface area contributed by atoms with Gasteiger partial charge in [0.15, 0.2) is 0 Å². The molecule has 2 aromatic rings. The van der Waals surface area contributed by atoms with Crippen molar-refractivity contribution in [2.45, 2.75) is 19.4 Å². The van der Waals surface area contributed by atoms with Crippen LogP contribution in [0.25, 0.3) is 5.69 Å². The zero-order chi connectivity index (χ0) is 15.7. The first kappa shape index (κ1) is 14.9. The number of hydrogen-bond acceptors (Lipinski definition) is 5. The van der Waals surface area contributed by atoms with Crippen LogP contribution in [0, 0.1) is 5.92 Å². The second-order valence-electron chi connectivity index (χ2n) is 5.50. The maximum atomic E-state index is 12.8. The molecule has 116 valence electrons. The van der Waals surface area contributed by atoms with Gasteiger partial charge in [-0.3, -0.25) is 4.79 Å². The Hall–Kier alpha value is -1.99. The highest BCUT2D eigenvalue weighted by atomic mass is 35.5. The number of hydrogen-bond donors (Lipinski definition) is 1. The van der Waals surface area contributed by atoms with Crippen LogP contribution in [0.15, 0.2) is 24.5 Å². The first-order chi connectivity index (χ1) is 10.6. The molecule has 1 fully saturated rings. The predicted octanol–water partition coefficient (Wildman–Crippen LogP) is 1.16. The van der Waals surface area contributed by atoms with Gasteiger partial charge in [0.1, 0.15) is 6.33 Å². The number of aliphatic hydroxyl groups is 1. The number of rotatable bonds is 2. The van der Waals surface area contributed by atoms with Crippen LogP contribution in [0.1, 0.15) is 23.7 Å². The summed E-state index contributed by atoms with van der Waals surface area (Å²) in [6, 6.07) is 4.99. The maximum Gasteiger partial charge on any atom is 0.256 e. The monoisotopic (exact) mass is 321 g/mol. The van der Waals surface area contributed by atoms with Crippen molar-refractivity contribution in [1.29, 1.82) is 0 Å². The minimum Gasteiger partial charge on any atom is -0.391 e. The van der Waals surface area contributed by atoms with Gasteiger partial charge in [-0.15, -0.1) is 5.10 Å². The third-order valence-electron chi connectivity index (χ3n) is 3.99. The summed E-state index contributed by atoms with van der Waals surface area (Å²) in [5.74, 6) is 0.0151. The van der Waals surface area contributed by atoms with Gasteiger partial charge in [-0.1, -0.05) is 18.5 Å². The first-order valence-corrected chi connectivity index (χ1v) is 7.44. The molecule has 1 saturated heterocycles. The molecule has 2 unspecified atom stereocenters. The lowest BCUT2D eigenvalue weighted by Gasteiger charge is -2.34. The molecule has 22 heavy (non-hydrogen) atoms. The fourth-order valence-electron chi connectivity index (χ4n) is 2.55. The molecule has 3 rings (SSSR count). The van der Waals surface area contributed by atoms with Gasteiger partial charge in [-0.2, -0.15) is 4.68 Å². The number of benzene rings is 1. The van der Waals surface area contributed by atoms with E-state index in [1.807, 2.05) is 6.92 Å². The molecule has 2 heterocycles. The van der Waals surface area contributed by atoms with Gasteiger partial charge in [-0.05, 0) is 41.0 Å². The van der Waals surface area contributed by atoms with Crippen molar-refractivity contribution in [2.75, 3.05) is 13.1 Å². The van der Waals surface area contributed by atoms with Gasteiger partial charge in [0.2, 0.25) is 0 Å². The molecule has 8 heteroatoms. The van der Waals surface area contributed by atoms with E-state index in [0.29, 0.717) is 29.4 Å². The molecule has 2 atom stereocenters. The Kier molecular flexibility index (Phi) is 4.08. The van der Waals surface area contributed by atoms with Crippen molar-refractivity contribution in [3.05, 3.63) is 35.1 Å². The smallest absolute Gasteiger partial charge is 0.256 e. The largest absolute Gasteiger partial charge is 0.391 e. The van der Waals surface area contributed by atoms with Gasteiger partial charge in [0.25, 0.3) is 5.91 Å². The minimum atomic E-state index is -0.506. The fraction of sp³-hybridized carbons (Fsp3) is 0.429. The number of nitrogens with zero attached hydrogens (tertiary/aromatic N) is 5. The molecular formula is C14H16ClN5O2. The highest BCUT2D eigenvalue weighted by Crippen LogP contribution is 2.24. The summed E-state index contributed by atoms with van der Waals surface area (Å²) in [4.78, 5) is 14.4. The lowest BCUT2D eigenvalue weighted by molar-refractivity contribution is 0.0248. The molecule has 0 spiro atoms. The van der Waals surface area contributed by atoms with Crippen LogP contribution in [0.5, 0.6) is 0 Å². The second-order valence-corrected chi connectivity index (χ2v) is 5.94. The van der Waals surface area contributed by atoms with Crippen LogP contribution in [0.2, 0.25) is 5.02 Å². The Labute approximate surface area is 132 Å². The Balaban J connectivity index is 1.94. The predicted molar refractivity (Wildman–Crippen MR) is 79.9 cm³/mol. The van der Waals surface area contributed by atoms with E-state index < -0.39 is 6.10 Å². The molecule has 0 radical (unpaired) electrons. The van der Waals surface area contributed by atoms with E-state index in [0.717, 1.165) is 6.42 Å². The van der Waals surface area contributed by atoms with Crippen LogP contribution in [-0.4, -0.2) is 55.3 Å². The number of β-amino-alcohol motifs (C(OH)–C–C–N with tert-alkyl or cyclic N) is 1. The van der Waals surface area contributed by atoms with Crippen LogP contribution in [-0.2, 0) is 0 Å². The molecule has 0 bridgehead atoms. The van der Waals surface area contributed by atoms with E-state index in [1.54, 1.807) is 23.1 Å². The van der Waals surface area contributed by atoms with Crippen molar-refractivity contribution in [2.24, 2.45) is 5.92 Å². The number of likely N-dealkylation sites (tertiary alicyclic amines) is 1. The summed E-state index contributed by atoms with van der Waals surface area (Å²) >= 11 is 6.03. The average Bonchev–Trinajstić information content (AvgIpc) is 3.03. The van der Waals surface area contributed by atoms with Gasteiger partial charge >= 0.3 is 0 Å². The maximum absolute atomic E-state index is 12.8. The van der Waals surface area contributed by atoms with Crippen LogP contribution in [0.3, 0.4) is 0 Å². The molecule has 1 aliphatic heterocycles. The normalized spacial score (nSPS) is 21.9. The van der Waals surface area contributed by atoms with Gasteiger partial charge in [-0.25, -0.2) is 0 Å². The van der Waals surface area contributed by atoms with Crippen molar-refractivity contribution in [3.63, 3.8) is 0 Å². The molecule has 1 aromatic carbocycles. The van der Waals surface area contributed by atoms with Crippen LogP contribution < -0.4 is 0 Å². The zero-order valence-electron chi connectivity index (χ0n) is 12.1. The Bertz CT molecular complexity index is 676. The van der Waals surface area contributed by atoms with Gasteiger partial charge in [0, 0.05) is 18.1 Å². The highest BCUT2D eigenvalue weighted by molar-refractivity contribution is 6.31. The zero-order valence-corrected chi connectivity index (χ0v) is 12.8. The summed E-state index contributed by atoms with van der Waals surface area (Å²) in [5, 5.41) is 21.5. The molecule has 1 aliphatic rings. The first-order valence-electron chi connectivity index (χ1n) is 7.06. The van der Waals surface area contributed by atoms with Crippen LogP contribution in [0.4, 0.5) is 0 Å². The highest BCUT2D eigenvalue weighted by Gasteiger charge is 2.29. The third kappa shape index (κ3) is 2.82. The van der Waals surface area contributed by atoms with E-state index in [-0.39, 0.29) is 11.8 Å². The lowest BCUT2D eigenvalue weighted by atomic mass is 9.95. The Morgan fingerprint density at radius 3 is 2.95 bits per heavy atom. The third-order valence-corrected chi connectivity index (χ3v) is 4.23. The number of carbonyl (C=O) groups excluding carboxylic acids is 1. The summed E-state index contributed by atoms with van der Waals surface area (Å²) in [6.45, 7) is 2.92. The van der Waals surface area contributed by atoms with Crippen molar-refractivity contribution in [3.8, 4) is 5.69 Å². The van der Waals surface area contributed by atoms with E-state index in [2.05, 4.69) is 15.5 Å². The van der Waals surface area contributed by atoms with E-state index in [9.17, 15) is 9.90 Å². The molecule has 0 aliphatic carbocycles. The average molecular weight is 322 g/mol. The number of carbonyl (C=O) groups is 1. The summed E-state index contributed by atoms with van der Waals surface area (Å²) in [7, 11) is 0. The molecule has 1 amide bonds. The second kappa shape index (κ2) is 6.02. The van der Waals surface area contributed by atoms with E-state index >= 15 is 0 Å². The Morgan fingerprint density at radius 2 is 2.27 bits per heavy atom. The van der Waals surface area contributed by atoms with Gasteiger partial charge in [0.05, 0.1) is 17.4 Å². The number of amides is 1. The van der Waals surface area contributed by atoms with Crippen molar-refractivity contribution in [1.82, 2.24) is 25.1 Å². The SMILES string of the molecule is CC1CCN(C(=O)c2cc(Cl)ccc2-n2cnnn2)CC1O. The number of tetrazole rings is 1. The molecule has 7 nitrogen and oxygen atoms in total. The summed E-state index contributed by atoms with van der Waals surface area (Å²) in [5.41, 5.74) is 0.981. The molecule has 0 saturated carbocycles.